The van der Waals surface area contributed by atoms with Gasteiger partial charge < -0.3 is 9.90 Å². The minimum atomic E-state index is -1.32. The van der Waals surface area contributed by atoms with Crippen molar-refractivity contribution in [2.45, 2.75) is 19.9 Å². The summed E-state index contributed by atoms with van der Waals surface area (Å²) in [6.45, 7) is 3.19. The van der Waals surface area contributed by atoms with Crippen molar-refractivity contribution >= 4 is 40.2 Å². The number of rotatable bonds is 3. The van der Waals surface area contributed by atoms with E-state index >= 15 is 0 Å². The highest BCUT2D eigenvalue weighted by molar-refractivity contribution is 8.26. The number of carboxylic acid groups (broad SMARTS) is 1. The van der Waals surface area contributed by atoms with Crippen LogP contribution in [0.25, 0.3) is 0 Å². The van der Waals surface area contributed by atoms with Crippen LogP contribution < -0.4 is 5.11 Å². The Morgan fingerprint density at radius 2 is 2.25 bits per heavy atom. The van der Waals surface area contributed by atoms with E-state index in [1.165, 1.54) is 6.92 Å². The number of carbonyl (C=O) groups excluding carboxylic acids is 2. The predicted molar refractivity (Wildman–Crippen MR) is 64.4 cm³/mol. The Kier molecular flexibility index (Phi) is 4.26. The number of carbonyl (C=O) groups is 2. The molecule has 1 aliphatic heterocycles. The van der Waals surface area contributed by atoms with Crippen LogP contribution in [0.3, 0.4) is 0 Å². The third kappa shape index (κ3) is 2.51. The van der Waals surface area contributed by atoms with Crippen molar-refractivity contribution in [2.24, 2.45) is 0 Å². The van der Waals surface area contributed by atoms with Gasteiger partial charge in [0.1, 0.15) is 4.32 Å². The second kappa shape index (κ2) is 5.27. The molecule has 0 spiro atoms. The molecule has 1 amide bonds. The molecule has 0 N–H and O–H groups in total. The molecule has 1 heterocycles. The quantitative estimate of drug-likeness (QED) is 0.542. The van der Waals surface area contributed by atoms with Crippen LogP contribution in [-0.4, -0.2) is 27.1 Å². The minimum Gasteiger partial charge on any atom is -0.548 e. The van der Waals surface area contributed by atoms with Crippen molar-refractivity contribution in [2.75, 3.05) is 0 Å². The second-order valence-corrected chi connectivity index (χ2v) is 4.77. The zero-order valence-electron chi connectivity index (χ0n) is 8.80. The topological polar surface area (TPSA) is 60.4 Å². The molecule has 0 aromatic heterocycles. The summed E-state index contributed by atoms with van der Waals surface area (Å²) in [6.07, 6.45) is 5.09. The van der Waals surface area contributed by atoms with Gasteiger partial charge in [-0.25, -0.2) is 0 Å². The number of hydrogen-bond acceptors (Lipinski definition) is 5. The Balaban J connectivity index is 2.96. The number of thioether (sulfide) groups is 1. The van der Waals surface area contributed by atoms with E-state index < -0.39 is 12.0 Å². The number of carboxylic acids is 1. The van der Waals surface area contributed by atoms with Gasteiger partial charge in [-0.3, -0.25) is 9.69 Å². The lowest BCUT2D eigenvalue weighted by Crippen LogP contribution is -2.48. The molecular weight excluding hydrogens is 246 g/mol. The van der Waals surface area contributed by atoms with Crippen molar-refractivity contribution in [1.82, 2.24) is 4.90 Å². The summed E-state index contributed by atoms with van der Waals surface area (Å²) in [7, 11) is 0. The number of hydrogen-bond donors (Lipinski definition) is 0. The van der Waals surface area contributed by atoms with E-state index in [-0.39, 0.29) is 10.2 Å². The summed E-state index contributed by atoms with van der Waals surface area (Å²) in [6, 6.07) is -1.04. The summed E-state index contributed by atoms with van der Waals surface area (Å²) in [5.74, 6) is -1.70. The molecule has 1 atom stereocenters. The molecule has 0 aromatic carbocycles. The predicted octanol–water partition coefficient (Wildman–Crippen LogP) is 0.445. The van der Waals surface area contributed by atoms with Gasteiger partial charge in [0, 0.05) is 0 Å². The SMILES string of the molecule is C/C=C/C=C1\SC(=S)N([C@H](C)C(=O)[O-])C1=O. The fourth-order valence-electron chi connectivity index (χ4n) is 1.12. The Hall–Kier alpha value is -1.14. The van der Waals surface area contributed by atoms with Gasteiger partial charge in [-0.1, -0.05) is 36.1 Å². The number of allylic oxidation sites excluding steroid dienone is 3. The molecule has 4 nitrogen and oxygen atoms in total. The molecular formula is C10H10NO3S2-. The van der Waals surface area contributed by atoms with Gasteiger partial charge in [-0.05, 0) is 19.9 Å². The highest BCUT2D eigenvalue weighted by atomic mass is 32.2. The monoisotopic (exact) mass is 256 g/mol. The summed E-state index contributed by atoms with van der Waals surface area (Å²) in [5, 5.41) is 10.7. The van der Waals surface area contributed by atoms with Gasteiger partial charge in [-0.2, -0.15) is 0 Å². The highest BCUT2D eigenvalue weighted by Gasteiger charge is 2.35. The van der Waals surface area contributed by atoms with Crippen LogP contribution in [0.2, 0.25) is 0 Å². The molecule has 0 saturated carbocycles. The van der Waals surface area contributed by atoms with Crippen LogP contribution in [0.15, 0.2) is 23.1 Å². The Morgan fingerprint density at radius 1 is 1.62 bits per heavy atom. The highest BCUT2D eigenvalue weighted by Crippen LogP contribution is 2.32. The van der Waals surface area contributed by atoms with Crippen molar-refractivity contribution in [3.05, 3.63) is 23.1 Å². The summed E-state index contributed by atoms with van der Waals surface area (Å²) < 4.78 is 0.248. The van der Waals surface area contributed by atoms with E-state index in [4.69, 9.17) is 12.2 Å². The first kappa shape index (κ1) is 12.9. The first-order valence-electron chi connectivity index (χ1n) is 4.58. The van der Waals surface area contributed by atoms with Crippen LogP contribution in [0.1, 0.15) is 13.8 Å². The Bertz CT molecular complexity index is 401. The van der Waals surface area contributed by atoms with E-state index in [9.17, 15) is 14.7 Å². The smallest absolute Gasteiger partial charge is 0.266 e. The van der Waals surface area contributed by atoms with Crippen LogP contribution in [0, 0.1) is 0 Å². The van der Waals surface area contributed by atoms with Gasteiger partial charge in [0.2, 0.25) is 0 Å². The molecule has 86 valence electrons. The fraction of sp³-hybridized carbons (Fsp3) is 0.300. The van der Waals surface area contributed by atoms with Gasteiger partial charge in [0.25, 0.3) is 5.91 Å². The standard InChI is InChI=1S/C10H11NO3S2/c1-3-4-5-7-8(12)11(10(15)16-7)6(2)9(13)14/h3-6H,1-2H3,(H,13,14)/p-1/b4-3+,7-5-/t6-/m1/s1. The third-order valence-electron chi connectivity index (χ3n) is 1.99. The van der Waals surface area contributed by atoms with Crippen molar-refractivity contribution in [3.63, 3.8) is 0 Å². The summed E-state index contributed by atoms with van der Waals surface area (Å²) in [4.78, 5) is 24.0. The number of amides is 1. The second-order valence-electron chi connectivity index (χ2n) is 3.09. The lowest BCUT2D eigenvalue weighted by atomic mass is 10.3. The maximum Gasteiger partial charge on any atom is 0.266 e. The molecule has 1 saturated heterocycles. The lowest BCUT2D eigenvalue weighted by Gasteiger charge is -2.23. The van der Waals surface area contributed by atoms with Crippen molar-refractivity contribution in [1.29, 1.82) is 0 Å². The van der Waals surface area contributed by atoms with Crippen LogP contribution in [0.5, 0.6) is 0 Å². The van der Waals surface area contributed by atoms with Gasteiger partial charge >= 0.3 is 0 Å². The van der Waals surface area contributed by atoms with Crippen molar-refractivity contribution in [3.8, 4) is 0 Å². The van der Waals surface area contributed by atoms with E-state index in [0.29, 0.717) is 4.91 Å². The van der Waals surface area contributed by atoms with Crippen LogP contribution >= 0.6 is 24.0 Å². The Morgan fingerprint density at radius 3 is 2.75 bits per heavy atom. The normalized spacial score (nSPS) is 21.1. The van der Waals surface area contributed by atoms with Gasteiger partial charge in [-0.15, -0.1) is 0 Å². The first-order chi connectivity index (χ1) is 7.49. The third-order valence-corrected chi connectivity index (χ3v) is 3.34. The number of aliphatic carboxylic acids is 1. The maximum absolute atomic E-state index is 11.8. The zero-order valence-corrected chi connectivity index (χ0v) is 10.4. The molecule has 6 heteroatoms. The molecule has 1 rings (SSSR count). The van der Waals surface area contributed by atoms with Gasteiger partial charge in [0.15, 0.2) is 0 Å². The minimum absolute atomic E-state index is 0.248. The first-order valence-corrected chi connectivity index (χ1v) is 5.80. The zero-order chi connectivity index (χ0) is 12.3. The lowest BCUT2D eigenvalue weighted by molar-refractivity contribution is -0.309. The molecule has 0 aromatic rings. The molecule has 1 fully saturated rings. The maximum atomic E-state index is 11.8. The summed E-state index contributed by atoms with van der Waals surface area (Å²) in [5.41, 5.74) is 0. The fourth-order valence-corrected chi connectivity index (χ4v) is 2.49. The Labute approximate surface area is 103 Å². The van der Waals surface area contributed by atoms with E-state index in [0.717, 1.165) is 16.7 Å². The average Bonchev–Trinajstić information content (AvgIpc) is 2.50. The summed E-state index contributed by atoms with van der Waals surface area (Å²) >= 11 is 6.05. The van der Waals surface area contributed by atoms with Crippen LogP contribution in [0.4, 0.5) is 0 Å². The molecule has 0 bridgehead atoms. The molecule has 0 radical (unpaired) electrons. The van der Waals surface area contributed by atoms with E-state index in [1.807, 2.05) is 6.92 Å². The molecule has 0 aliphatic carbocycles. The van der Waals surface area contributed by atoms with Crippen molar-refractivity contribution < 1.29 is 14.7 Å². The van der Waals surface area contributed by atoms with E-state index in [2.05, 4.69) is 0 Å². The molecule has 0 unspecified atom stereocenters. The van der Waals surface area contributed by atoms with Crippen LogP contribution in [-0.2, 0) is 9.59 Å². The number of thiocarbonyl (C=S) groups is 1. The average molecular weight is 256 g/mol. The molecule has 1 aliphatic rings. The molecule has 16 heavy (non-hydrogen) atoms. The number of nitrogens with zero attached hydrogens (tertiary/aromatic N) is 1. The van der Waals surface area contributed by atoms with E-state index in [1.54, 1.807) is 18.2 Å². The largest absolute Gasteiger partial charge is 0.548 e. The van der Waals surface area contributed by atoms with Gasteiger partial charge in [0.05, 0.1) is 16.9 Å².